The first-order chi connectivity index (χ1) is 21.0. The molecule has 3 aromatic carbocycles. The van der Waals surface area contributed by atoms with E-state index in [1.165, 1.54) is 6.08 Å². The molecule has 2 heterocycles. The largest absolute Gasteiger partial charge is 0.488 e. The van der Waals surface area contributed by atoms with Crippen molar-refractivity contribution in [2.45, 2.75) is 31.9 Å². The van der Waals surface area contributed by atoms with E-state index >= 15 is 0 Å². The highest BCUT2D eigenvalue weighted by Gasteiger charge is 2.24. The van der Waals surface area contributed by atoms with E-state index in [0.29, 0.717) is 59.6 Å². The summed E-state index contributed by atoms with van der Waals surface area (Å²) in [5, 5.41) is 6.85. The number of urea groups is 1. The molecule has 1 fully saturated rings. The van der Waals surface area contributed by atoms with Crippen molar-refractivity contribution in [2.24, 2.45) is 0 Å². The second kappa shape index (κ2) is 12.6. The van der Waals surface area contributed by atoms with E-state index in [1.54, 1.807) is 35.4 Å². The van der Waals surface area contributed by atoms with Gasteiger partial charge >= 0.3 is 6.03 Å². The molecule has 3 amide bonds. The molecule has 1 aliphatic carbocycles. The number of pyridine rings is 1. The third-order valence-electron chi connectivity index (χ3n) is 7.41. The summed E-state index contributed by atoms with van der Waals surface area (Å²) in [6, 6.07) is 20.9. The molecule has 0 saturated heterocycles. The van der Waals surface area contributed by atoms with Crippen molar-refractivity contribution in [1.82, 2.24) is 15.2 Å². The molecule has 1 saturated carbocycles. The lowest BCUT2D eigenvalue weighted by Gasteiger charge is -2.26. The highest BCUT2D eigenvalue weighted by molar-refractivity contribution is 6.33. The predicted molar refractivity (Wildman–Crippen MR) is 169 cm³/mol. The summed E-state index contributed by atoms with van der Waals surface area (Å²) >= 11 is 6.49. The van der Waals surface area contributed by atoms with E-state index in [0.717, 1.165) is 34.9 Å². The second-order valence-electron chi connectivity index (χ2n) is 10.5. The lowest BCUT2D eigenvalue weighted by Crippen LogP contribution is -2.33. The number of aromatic nitrogens is 1. The third kappa shape index (κ3) is 6.81. The summed E-state index contributed by atoms with van der Waals surface area (Å²) < 4.78 is 12.7. The van der Waals surface area contributed by atoms with Gasteiger partial charge in [-0.25, -0.2) is 4.79 Å². The zero-order valence-electron chi connectivity index (χ0n) is 23.5. The second-order valence-corrected chi connectivity index (χ2v) is 10.9. The fourth-order valence-corrected chi connectivity index (χ4v) is 5.16. The number of hydrogen-bond acceptors (Lipinski definition) is 5. The molecular weight excluding hydrogens is 564 g/mol. The van der Waals surface area contributed by atoms with Gasteiger partial charge in [0, 0.05) is 48.4 Å². The summed E-state index contributed by atoms with van der Waals surface area (Å²) in [7, 11) is 0. The van der Waals surface area contributed by atoms with Gasteiger partial charge in [-0.15, -0.1) is 0 Å². The van der Waals surface area contributed by atoms with Crippen LogP contribution in [0.1, 0.15) is 30.4 Å². The zero-order chi connectivity index (χ0) is 29.8. The Morgan fingerprint density at radius 1 is 1.07 bits per heavy atom. The Morgan fingerprint density at radius 3 is 2.63 bits per heavy atom. The Kier molecular flexibility index (Phi) is 8.29. The van der Waals surface area contributed by atoms with E-state index in [9.17, 15) is 9.59 Å². The van der Waals surface area contributed by atoms with Crippen molar-refractivity contribution >= 4 is 45.7 Å². The minimum absolute atomic E-state index is 0.0855. The number of ether oxygens (including phenoxy) is 2. The van der Waals surface area contributed by atoms with E-state index in [-0.39, 0.29) is 18.0 Å². The van der Waals surface area contributed by atoms with Crippen molar-refractivity contribution < 1.29 is 19.1 Å². The monoisotopic (exact) mass is 594 g/mol. The minimum atomic E-state index is -0.273. The fraction of sp³-hybridized carbons (Fsp3) is 0.206. The predicted octanol–water partition coefficient (Wildman–Crippen LogP) is 7.35. The van der Waals surface area contributed by atoms with E-state index in [2.05, 4.69) is 28.3 Å². The van der Waals surface area contributed by atoms with Crippen molar-refractivity contribution in [3.8, 4) is 17.2 Å². The van der Waals surface area contributed by atoms with Gasteiger partial charge in [0.15, 0.2) is 0 Å². The molecule has 43 heavy (non-hydrogen) atoms. The van der Waals surface area contributed by atoms with Crippen LogP contribution in [0.3, 0.4) is 0 Å². The number of benzene rings is 3. The highest BCUT2D eigenvalue weighted by Crippen LogP contribution is 2.39. The quantitative estimate of drug-likeness (QED) is 0.198. The minimum Gasteiger partial charge on any atom is -0.488 e. The third-order valence-corrected chi connectivity index (χ3v) is 7.72. The SMILES string of the molecule is C=CC(=O)N1CC=C(c2cc3c(Oc4ccc(NC(=O)NC5CC5)c(Cl)c4)ccnc3cc2OCc2ccccc2)CC1. The van der Waals surface area contributed by atoms with E-state index in [1.807, 2.05) is 42.5 Å². The van der Waals surface area contributed by atoms with Crippen molar-refractivity contribution in [2.75, 3.05) is 18.4 Å². The number of anilines is 1. The number of halogens is 1. The molecule has 0 atom stereocenters. The van der Waals surface area contributed by atoms with Gasteiger partial charge in [0.2, 0.25) is 5.91 Å². The summed E-state index contributed by atoms with van der Waals surface area (Å²) in [6.45, 7) is 5.09. The van der Waals surface area contributed by atoms with Crippen LogP contribution in [-0.2, 0) is 11.4 Å². The normalized spacial score (nSPS) is 14.5. The molecule has 0 spiro atoms. The molecule has 0 radical (unpaired) electrons. The van der Waals surface area contributed by atoms with Crippen LogP contribution in [0.2, 0.25) is 5.02 Å². The van der Waals surface area contributed by atoms with Crippen molar-refractivity contribution in [1.29, 1.82) is 0 Å². The molecule has 1 aliphatic heterocycles. The van der Waals surface area contributed by atoms with Crippen LogP contribution < -0.4 is 20.1 Å². The first kappa shape index (κ1) is 28.3. The maximum Gasteiger partial charge on any atom is 0.319 e. The average molecular weight is 595 g/mol. The van der Waals surface area contributed by atoms with Gasteiger partial charge in [-0.05, 0) is 60.7 Å². The van der Waals surface area contributed by atoms with Gasteiger partial charge < -0.3 is 25.0 Å². The molecule has 1 aromatic heterocycles. The average Bonchev–Trinajstić information content (AvgIpc) is 3.85. The van der Waals surface area contributed by atoms with Crippen LogP contribution in [0, 0.1) is 0 Å². The summed E-state index contributed by atoms with van der Waals surface area (Å²) in [4.78, 5) is 30.7. The molecular formula is C34H31ClN4O4. The maximum atomic E-state index is 12.2. The molecule has 218 valence electrons. The number of amides is 3. The highest BCUT2D eigenvalue weighted by atomic mass is 35.5. The Morgan fingerprint density at radius 2 is 1.91 bits per heavy atom. The molecule has 4 aromatic rings. The number of carbonyl (C=O) groups is 2. The maximum absolute atomic E-state index is 12.2. The molecule has 2 aliphatic rings. The first-order valence-electron chi connectivity index (χ1n) is 14.2. The van der Waals surface area contributed by atoms with E-state index < -0.39 is 0 Å². The lowest BCUT2D eigenvalue weighted by molar-refractivity contribution is -0.125. The smallest absolute Gasteiger partial charge is 0.319 e. The zero-order valence-corrected chi connectivity index (χ0v) is 24.3. The first-order valence-corrected chi connectivity index (χ1v) is 14.6. The molecule has 8 nitrogen and oxygen atoms in total. The summed E-state index contributed by atoms with van der Waals surface area (Å²) in [6.07, 6.45) is 7.76. The van der Waals surface area contributed by atoms with Gasteiger partial charge in [0.25, 0.3) is 0 Å². The van der Waals surface area contributed by atoms with Gasteiger partial charge in [-0.2, -0.15) is 0 Å². The summed E-state index contributed by atoms with van der Waals surface area (Å²) in [5.74, 6) is 1.74. The number of rotatable bonds is 9. The van der Waals surface area contributed by atoms with Gasteiger partial charge in [-0.1, -0.05) is 54.6 Å². The van der Waals surface area contributed by atoms with Crippen LogP contribution >= 0.6 is 11.6 Å². The van der Waals surface area contributed by atoms with Crippen molar-refractivity contribution in [3.63, 3.8) is 0 Å². The van der Waals surface area contributed by atoms with Crippen LogP contribution in [-0.4, -0.2) is 41.0 Å². The van der Waals surface area contributed by atoms with Crippen LogP contribution in [0.5, 0.6) is 17.2 Å². The van der Waals surface area contributed by atoms with Crippen LogP contribution in [0.25, 0.3) is 16.5 Å². The number of fused-ring (bicyclic) bond motifs is 1. The summed E-state index contributed by atoms with van der Waals surface area (Å²) in [5.41, 5.74) is 4.27. The molecule has 0 bridgehead atoms. The van der Waals surface area contributed by atoms with E-state index in [4.69, 9.17) is 21.1 Å². The standard InChI is InChI=1S/C34H31ClN4O4/c1-2-33(40)39-16-13-23(14-17-39)26-19-27-30(20-32(26)42-21-22-6-4-3-5-7-22)36-15-12-31(27)43-25-10-11-29(28(35)18-25)38-34(41)37-24-8-9-24/h2-7,10-13,15,18-20,24H,1,8-9,14,16-17,21H2,(H2,37,38,41). The van der Waals surface area contributed by atoms with Crippen molar-refractivity contribution in [3.05, 3.63) is 108 Å². The Labute approximate surface area is 255 Å². The van der Waals surface area contributed by atoms with Crippen LogP contribution in [0.4, 0.5) is 10.5 Å². The number of nitrogens with zero attached hydrogens (tertiary/aromatic N) is 2. The number of nitrogens with one attached hydrogen (secondary N) is 2. The fourth-order valence-electron chi connectivity index (χ4n) is 4.95. The Balaban J connectivity index is 1.30. The number of carbonyl (C=O) groups excluding carboxylic acids is 2. The molecule has 2 N–H and O–H groups in total. The van der Waals surface area contributed by atoms with Gasteiger partial charge in [0.1, 0.15) is 23.9 Å². The molecule has 9 heteroatoms. The van der Waals surface area contributed by atoms with Crippen LogP contribution in [0.15, 0.2) is 91.7 Å². The number of hydrogen-bond donors (Lipinski definition) is 2. The topological polar surface area (TPSA) is 92.8 Å². The van der Waals surface area contributed by atoms with Gasteiger partial charge in [0.05, 0.1) is 16.2 Å². The Bertz CT molecular complexity index is 1720. The Hall–Kier alpha value is -4.82. The molecule has 6 rings (SSSR count). The van der Waals surface area contributed by atoms with Gasteiger partial charge in [-0.3, -0.25) is 9.78 Å². The molecule has 0 unspecified atom stereocenters. The lowest BCUT2D eigenvalue weighted by atomic mass is 9.96.